The highest BCUT2D eigenvalue weighted by Gasteiger charge is 2.26. The zero-order valence-electron chi connectivity index (χ0n) is 18.1. The standard InChI is InChI=1S/C24H24N4O4/c1-16-22-19(15-20(21-5-3-14-31-21)25-23(22)32-26-16)24(29)28-11-4-10-27(12-13-28)17-6-8-18(30-2)9-7-17/h3,5-9,14-15H,4,10-13H2,1-2H3. The summed E-state index contributed by atoms with van der Waals surface area (Å²) >= 11 is 0. The van der Waals surface area contributed by atoms with Crippen molar-refractivity contribution >= 4 is 22.7 Å². The predicted octanol–water partition coefficient (Wildman–Crippen LogP) is 4.15. The second kappa shape index (κ2) is 8.37. The van der Waals surface area contributed by atoms with Gasteiger partial charge in [0.2, 0.25) is 0 Å². The Morgan fingerprint density at radius 2 is 1.94 bits per heavy atom. The molecule has 8 heteroatoms. The molecular weight excluding hydrogens is 408 g/mol. The van der Waals surface area contributed by atoms with Crippen molar-refractivity contribution in [1.82, 2.24) is 15.0 Å². The van der Waals surface area contributed by atoms with E-state index in [2.05, 4.69) is 27.2 Å². The Labute approximate surface area is 185 Å². The molecule has 0 aliphatic carbocycles. The van der Waals surface area contributed by atoms with Gasteiger partial charge in [0, 0.05) is 31.9 Å². The molecule has 0 unspecified atom stereocenters. The molecule has 0 atom stereocenters. The summed E-state index contributed by atoms with van der Waals surface area (Å²) in [6.07, 6.45) is 2.45. The summed E-state index contributed by atoms with van der Waals surface area (Å²) < 4.78 is 16.1. The second-order valence-corrected chi connectivity index (χ2v) is 7.81. The molecule has 1 amide bonds. The molecule has 0 saturated carbocycles. The maximum Gasteiger partial charge on any atom is 0.259 e. The number of rotatable bonds is 4. The van der Waals surface area contributed by atoms with Gasteiger partial charge in [0.15, 0.2) is 5.76 Å². The number of aromatic nitrogens is 2. The molecule has 4 heterocycles. The first-order valence-corrected chi connectivity index (χ1v) is 10.6. The van der Waals surface area contributed by atoms with Gasteiger partial charge in [-0.3, -0.25) is 4.79 Å². The highest BCUT2D eigenvalue weighted by Crippen LogP contribution is 2.29. The van der Waals surface area contributed by atoms with Gasteiger partial charge in [0.25, 0.3) is 11.6 Å². The van der Waals surface area contributed by atoms with Gasteiger partial charge in [-0.05, 0) is 55.8 Å². The Bertz CT molecular complexity index is 1230. The number of aryl methyl sites for hydroxylation is 1. The van der Waals surface area contributed by atoms with Gasteiger partial charge in [-0.25, -0.2) is 4.98 Å². The van der Waals surface area contributed by atoms with E-state index in [1.807, 2.05) is 30.0 Å². The fourth-order valence-corrected chi connectivity index (χ4v) is 4.16. The zero-order valence-corrected chi connectivity index (χ0v) is 18.1. The van der Waals surface area contributed by atoms with Gasteiger partial charge >= 0.3 is 0 Å². The molecule has 0 N–H and O–H groups in total. The molecular formula is C24H24N4O4. The summed E-state index contributed by atoms with van der Waals surface area (Å²) in [5.74, 6) is 1.36. The van der Waals surface area contributed by atoms with Crippen molar-refractivity contribution in [3.05, 3.63) is 60.0 Å². The van der Waals surface area contributed by atoms with Gasteiger partial charge in [-0.15, -0.1) is 0 Å². The number of benzene rings is 1. The van der Waals surface area contributed by atoms with Crippen LogP contribution in [0.25, 0.3) is 22.6 Å². The number of carbonyl (C=O) groups excluding carboxylic acids is 1. The van der Waals surface area contributed by atoms with Crippen LogP contribution in [-0.4, -0.2) is 54.2 Å². The number of pyridine rings is 1. The summed E-state index contributed by atoms with van der Waals surface area (Å²) in [6, 6.07) is 13.4. The van der Waals surface area contributed by atoms with Crippen molar-refractivity contribution in [2.75, 3.05) is 38.2 Å². The second-order valence-electron chi connectivity index (χ2n) is 7.81. The fraction of sp³-hybridized carbons (Fsp3) is 0.292. The minimum Gasteiger partial charge on any atom is -0.497 e. The van der Waals surface area contributed by atoms with Crippen molar-refractivity contribution in [2.45, 2.75) is 13.3 Å². The van der Waals surface area contributed by atoms with Crippen LogP contribution in [0.3, 0.4) is 0 Å². The van der Waals surface area contributed by atoms with Crippen molar-refractivity contribution < 1.29 is 18.5 Å². The Morgan fingerprint density at radius 3 is 2.69 bits per heavy atom. The van der Waals surface area contributed by atoms with Crippen LogP contribution in [0.5, 0.6) is 5.75 Å². The van der Waals surface area contributed by atoms with Crippen LogP contribution in [0.4, 0.5) is 5.69 Å². The first-order chi connectivity index (χ1) is 15.6. The lowest BCUT2D eigenvalue weighted by molar-refractivity contribution is 0.0769. The first-order valence-electron chi connectivity index (χ1n) is 10.6. The molecule has 0 radical (unpaired) electrons. The number of hydrogen-bond donors (Lipinski definition) is 0. The summed E-state index contributed by atoms with van der Waals surface area (Å²) in [5.41, 5.74) is 3.21. The van der Waals surface area contributed by atoms with Crippen LogP contribution < -0.4 is 9.64 Å². The van der Waals surface area contributed by atoms with Gasteiger partial charge in [0.1, 0.15) is 11.4 Å². The molecule has 4 aromatic rings. The third-order valence-electron chi connectivity index (χ3n) is 5.84. The van der Waals surface area contributed by atoms with Crippen molar-refractivity contribution in [2.24, 2.45) is 0 Å². The average Bonchev–Trinajstić information content (AvgIpc) is 3.42. The fourth-order valence-electron chi connectivity index (χ4n) is 4.16. The molecule has 1 aromatic carbocycles. The number of nitrogens with zero attached hydrogens (tertiary/aromatic N) is 4. The third-order valence-corrected chi connectivity index (χ3v) is 5.84. The van der Waals surface area contributed by atoms with Gasteiger partial charge in [-0.1, -0.05) is 5.16 Å². The van der Waals surface area contributed by atoms with E-state index in [0.717, 1.165) is 30.9 Å². The maximum atomic E-state index is 13.6. The first kappa shape index (κ1) is 20.1. The summed E-state index contributed by atoms with van der Waals surface area (Å²) in [4.78, 5) is 22.3. The Morgan fingerprint density at radius 1 is 1.09 bits per heavy atom. The van der Waals surface area contributed by atoms with Crippen molar-refractivity contribution in [3.8, 4) is 17.2 Å². The van der Waals surface area contributed by atoms with Crippen LogP contribution in [0, 0.1) is 6.92 Å². The highest BCUT2D eigenvalue weighted by molar-refractivity contribution is 6.06. The highest BCUT2D eigenvalue weighted by atomic mass is 16.5. The van der Waals surface area contributed by atoms with Crippen molar-refractivity contribution in [3.63, 3.8) is 0 Å². The van der Waals surface area contributed by atoms with Gasteiger partial charge < -0.3 is 23.5 Å². The monoisotopic (exact) mass is 432 g/mol. The van der Waals surface area contributed by atoms with E-state index in [0.29, 0.717) is 46.9 Å². The van der Waals surface area contributed by atoms with E-state index in [4.69, 9.17) is 13.7 Å². The molecule has 164 valence electrons. The number of carbonyl (C=O) groups is 1. The number of fused-ring (bicyclic) bond motifs is 1. The summed E-state index contributed by atoms with van der Waals surface area (Å²) in [5, 5.41) is 4.69. The van der Waals surface area contributed by atoms with Crippen LogP contribution in [0.15, 0.2) is 57.7 Å². The largest absolute Gasteiger partial charge is 0.497 e. The minimum absolute atomic E-state index is 0.0481. The average molecular weight is 432 g/mol. The lowest BCUT2D eigenvalue weighted by Crippen LogP contribution is -2.35. The predicted molar refractivity (Wildman–Crippen MR) is 120 cm³/mol. The Kier molecular flexibility index (Phi) is 5.26. The van der Waals surface area contributed by atoms with E-state index < -0.39 is 0 Å². The SMILES string of the molecule is COc1ccc(N2CCCN(C(=O)c3cc(-c4ccco4)nc4onc(C)c34)CC2)cc1. The topological polar surface area (TPSA) is 84.8 Å². The molecule has 1 fully saturated rings. The maximum absolute atomic E-state index is 13.6. The molecule has 8 nitrogen and oxygen atoms in total. The lowest BCUT2D eigenvalue weighted by atomic mass is 10.1. The Hall–Kier alpha value is -3.81. The quantitative estimate of drug-likeness (QED) is 0.479. The molecule has 3 aromatic heterocycles. The van der Waals surface area contributed by atoms with E-state index in [1.165, 1.54) is 0 Å². The number of ether oxygens (including phenoxy) is 1. The molecule has 1 aliphatic heterocycles. The summed E-state index contributed by atoms with van der Waals surface area (Å²) in [7, 11) is 1.66. The van der Waals surface area contributed by atoms with Gasteiger partial charge in [0.05, 0.1) is 30.0 Å². The number of amides is 1. The number of anilines is 1. The van der Waals surface area contributed by atoms with Crippen LogP contribution in [0.2, 0.25) is 0 Å². The molecule has 0 bridgehead atoms. The molecule has 5 rings (SSSR count). The molecule has 1 aliphatic rings. The molecule has 32 heavy (non-hydrogen) atoms. The third kappa shape index (κ3) is 3.68. The van der Waals surface area contributed by atoms with Crippen LogP contribution >= 0.6 is 0 Å². The number of furan rings is 1. The van der Waals surface area contributed by atoms with E-state index in [-0.39, 0.29) is 5.91 Å². The minimum atomic E-state index is -0.0481. The van der Waals surface area contributed by atoms with Gasteiger partial charge in [-0.2, -0.15) is 0 Å². The van der Waals surface area contributed by atoms with E-state index in [1.54, 1.807) is 25.5 Å². The zero-order chi connectivity index (χ0) is 22.1. The van der Waals surface area contributed by atoms with Crippen molar-refractivity contribution in [1.29, 1.82) is 0 Å². The summed E-state index contributed by atoms with van der Waals surface area (Å²) in [6.45, 7) is 4.75. The molecule has 0 spiro atoms. The number of methoxy groups -OCH3 is 1. The smallest absolute Gasteiger partial charge is 0.259 e. The van der Waals surface area contributed by atoms with E-state index >= 15 is 0 Å². The normalized spacial score (nSPS) is 14.6. The number of hydrogen-bond acceptors (Lipinski definition) is 7. The van der Waals surface area contributed by atoms with E-state index in [9.17, 15) is 4.79 Å². The lowest BCUT2D eigenvalue weighted by Gasteiger charge is -2.24. The van der Waals surface area contributed by atoms with Crippen LogP contribution in [0.1, 0.15) is 22.5 Å². The molecule has 1 saturated heterocycles. The Balaban J connectivity index is 1.42. The van der Waals surface area contributed by atoms with Crippen LogP contribution in [-0.2, 0) is 0 Å².